The number of rotatable bonds is 5. The lowest BCUT2D eigenvalue weighted by Crippen LogP contribution is -2.24. The van der Waals surface area contributed by atoms with E-state index in [0.29, 0.717) is 35.1 Å². The first-order valence-electron chi connectivity index (χ1n) is 8.71. The Morgan fingerprint density at radius 3 is 2.71 bits per heavy atom. The van der Waals surface area contributed by atoms with Crippen LogP contribution in [0.5, 0.6) is 11.5 Å². The average Bonchev–Trinajstić information content (AvgIpc) is 3.34. The molecule has 1 amide bonds. The van der Waals surface area contributed by atoms with Gasteiger partial charge in [-0.05, 0) is 30.3 Å². The fourth-order valence-electron chi connectivity index (χ4n) is 3.26. The van der Waals surface area contributed by atoms with Crippen LogP contribution in [0.4, 0.5) is 10.1 Å². The number of aromatic nitrogens is 2. The van der Waals surface area contributed by atoms with Gasteiger partial charge in [-0.3, -0.25) is 4.79 Å². The predicted octanol–water partition coefficient (Wildman–Crippen LogP) is 3.41. The van der Waals surface area contributed by atoms with Gasteiger partial charge in [-0.25, -0.2) is 4.39 Å². The monoisotopic (exact) mass is 383 g/mol. The second-order valence-electron chi connectivity index (χ2n) is 6.41. The van der Waals surface area contributed by atoms with E-state index in [1.165, 1.54) is 12.1 Å². The molecule has 0 saturated carbocycles. The minimum Gasteiger partial charge on any atom is -0.493 e. The Labute approximate surface area is 160 Å². The Hall–Kier alpha value is -3.42. The summed E-state index contributed by atoms with van der Waals surface area (Å²) < 4.78 is 29.2. The smallest absolute Gasteiger partial charge is 0.258 e. The fraction of sp³-hybridized carbons (Fsp3) is 0.250. The summed E-state index contributed by atoms with van der Waals surface area (Å²) in [7, 11) is 3.10. The second kappa shape index (κ2) is 7.30. The summed E-state index contributed by atoms with van der Waals surface area (Å²) in [5.74, 6) is 1.15. The number of anilines is 1. The SMILES string of the molecule is COc1ccc(N2CC(c3noc(-c4cccc(F)c4)n3)CC2=O)cc1OC. The number of halogens is 1. The van der Waals surface area contributed by atoms with E-state index in [1.54, 1.807) is 49.5 Å². The lowest BCUT2D eigenvalue weighted by molar-refractivity contribution is -0.117. The molecule has 1 aliphatic rings. The Kier molecular flexibility index (Phi) is 4.68. The average molecular weight is 383 g/mol. The maximum Gasteiger partial charge on any atom is 0.258 e. The van der Waals surface area contributed by atoms with E-state index in [9.17, 15) is 9.18 Å². The van der Waals surface area contributed by atoms with Crippen LogP contribution >= 0.6 is 0 Å². The summed E-state index contributed by atoms with van der Waals surface area (Å²) in [6.07, 6.45) is 0.260. The van der Waals surface area contributed by atoms with Gasteiger partial charge in [0, 0.05) is 36.2 Å². The molecule has 1 aromatic heterocycles. The molecular weight excluding hydrogens is 365 g/mol. The molecule has 0 radical (unpaired) electrons. The highest BCUT2D eigenvalue weighted by Crippen LogP contribution is 2.36. The first-order valence-corrected chi connectivity index (χ1v) is 8.71. The van der Waals surface area contributed by atoms with Crippen LogP contribution in [-0.2, 0) is 4.79 Å². The standard InChI is InChI=1S/C20H18FN3O4/c1-26-16-7-6-15(10-17(16)27-2)24-11-13(9-18(24)25)19-22-20(28-23-19)12-4-3-5-14(21)8-12/h3-8,10,13H,9,11H2,1-2H3. The molecule has 144 valence electrons. The molecule has 1 aliphatic heterocycles. The van der Waals surface area contributed by atoms with Crippen molar-refractivity contribution in [1.82, 2.24) is 10.1 Å². The van der Waals surface area contributed by atoms with Crippen molar-refractivity contribution in [3.63, 3.8) is 0 Å². The van der Waals surface area contributed by atoms with Crippen molar-refractivity contribution in [2.75, 3.05) is 25.7 Å². The lowest BCUT2D eigenvalue weighted by atomic mass is 10.1. The molecule has 8 heteroatoms. The first kappa shape index (κ1) is 18.0. The van der Waals surface area contributed by atoms with Crippen LogP contribution in [0.15, 0.2) is 47.0 Å². The summed E-state index contributed by atoms with van der Waals surface area (Å²) in [6, 6.07) is 11.3. The molecule has 0 aliphatic carbocycles. The summed E-state index contributed by atoms with van der Waals surface area (Å²) >= 11 is 0. The van der Waals surface area contributed by atoms with Crippen molar-refractivity contribution in [2.45, 2.75) is 12.3 Å². The number of carbonyl (C=O) groups is 1. The number of ether oxygens (including phenoxy) is 2. The Bertz CT molecular complexity index is 1020. The zero-order valence-corrected chi connectivity index (χ0v) is 15.4. The summed E-state index contributed by atoms with van der Waals surface area (Å²) in [5, 5.41) is 4.00. The van der Waals surface area contributed by atoms with Gasteiger partial charge in [0.1, 0.15) is 5.82 Å². The van der Waals surface area contributed by atoms with Gasteiger partial charge in [-0.15, -0.1) is 0 Å². The highest BCUT2D eigenvalue weighted by Gasteiger charge is 2.35. The molecule has 2 aromatic carbocycles. The van der Waals surface area contributed by atoms with Gasteiger partial charge in [0.2, 0.25) is 5.91 Å². The van der Waals surface area contributed by atoms with E-state index in [1.807, 2.05) is 0 Å². The quantitative estimate of drug-likeness (QED) is 0.672. The Morgan fingerprint density at radius 1 is 1.14 bits per heavy atom. The maximum absolute atomic E-state index is 13.4. The summed E-state index contributed by atoms with van der Waals surface area (Å²) in [6.45, 7) is 0.413. The van der Waals surface area contributed by atoms with Crippen LogP contribution in [0.1, 0.15) is 18.2 Å². The topological polar surface area (TPSA) is 77.7 Å². The third-order valence-electron chi connectivity index (χ3n) is 4.68. The summed E-state index contributed by atoms with van der Waals surface area (Å²) in [4.78, 5) is 18.6. The van der Waals surface area contributed by atoms with Gasteiger partial charge >= 0.3 is 0 Å². The first-order chi connectivity index (χ1) is 13.6. The number of carbonyl (C=O) groups excluding carboxylic acids is 1. The van der Waals surface area contributed by atoms with Crippen LogP contribution in [-0.4, -0.2) is 36.8 Å². The number of amides is 1. The van der Waals surface area contributed by atoms with Crippen LogP contribution in [0.3, 0.4) is 0 Å². The number of nitrogens with zero attached hydrogens (tertiary/aromatic N) is 3. The molecule has 1 atom stereocenters. The van der Waals surface area contributed by atoms with Gasteiger partial charge in [-0.1, -0.05) is 11.2 Å². The molecule has 0 spiro atoms. The van der Waals surface area contributed by atoms with Gasteiger partial charge in [0.05, 0.1) is 14.2 Å². The molecule has 2 heterocycles. The molecule has 28 heavy (non-hydrogen) atoms. The van der Waals surface area contributed by atoms with Crippen molar-refractivity contribution in [1.29, 1.82) is 0 Å². The molecule has 0 bridgehead atoms. The van der Waals surface area contributed by atoms with Crippen LogP contribution in [0.25, 0.3) is 11.5 Å². The third kappa shape index (κ3) is 3.28. The van der Waals surface area contributed by atoms with Gasteiger partial charge < -0.3 is 18.9 Å². The van der Waals surface area contributed by atoms with E-state index in [4.69, 9.17) is 14.0 Å². The highest BCUT2D eigenvalue weighted by atomic mass is 19.1. The molecule has 4 rings (SSSR count). The van der Waals surface area contributed by atoms with Crippen molar-refractivity contribution >= 4 is 11.6 Å². The molecular formula is C20H18FN3O4. The van der Waals surface area contributed by atoms with Crippen molar-refractivity contribution in [3.05, 3.63) is 54.1 Å². The minimum atomic E-state index is -0.382. The predicted molar refractivity (Wildman–Crippen MR) is 98.9 cm³/mol. The van der Waals surface area contributed by atoms with Crippen molar-refractivity contribution < 1.29 is 23.2 Å². The largest absolute Gasteiger partial charge is 0.493 e. The fourth-order valence-corrected chi connectivity index (χ4v) is 3.26. The Balaban J connectivity index is 1.56. The molecule has 3 aromatic rings. The van der Waals surface area contributed by atoms with Crippen molar-refractivity contribution in [2.24, 2.45) is 0 Å². The number of benzene rings is 2. The van der Waals surface area contributed by atoms with Crippen molar-refractivity contribution in [3.8, 4) is 23.0 Å². The number of methoxy groups -OCH3 is 2. The van der Waals surface area contributed by atoms with Crippen LogP contribution in [0, 0.1) is 5.82 Å². The third-order valence-corrected chi connectivity index (χ3v) is 4.68. The molecule has 7 nitrogen and oxygen atoms in total. The van der Waals surface area contributed by atoms with E-state index in [2.05, 4.69) is 10.1 Å². The second-order valence-corrected chi connectivity index (χ2v) is 6.41. The van der Waals surface area contributed by atoms with E-state index < -0.39 is 0 Å². The zero-order chi connectivity index (χ0) is 19.7. The number of hydrogen-bond acceptors (Lipinski definition) is 6. The summed E-state index contributed by atoms with van der Waals surface area (Å²) in [5.41, 5.74) is 1.21. The van der Waals surface area contributed by atoms with Gasteiger partial charge in [-0.2, -0.15) is 4.98 Å². The van der Waals surface area contributed by atoms with E-state index in [0.717, 1.165) is 0 Å². The molecule has 1 unspecified atom stereocenters. The molecule has 1 fully saturated rings. The molecule has 0 N–H and O–H groups in total. The lowest BCUT2D eigenvalue weighted by Gasteiger charge is -2.18. The van der Waals surface area contributed by atoms with E-state index in [-0.39, 0.29) is 30.0 Å². The zero-order valence-electron chi connectivity index (χ0n) is 15.4. The molecule has 1 saturated heterocycles. The number of hydrogen-bond donors (Lipinski definition) is 0. The highest BCUT2D eigenvalue weighted by molar-refractivity contribution is 5.96. The Morgan fingerprint density at radius 2 is 1.96 bits per heavy atom. The van der Waals surface area contributed by atoms with Gasteiger partial charge in [0.25, 0.3) is 5.89 Å². The van der Waals surface area contributed by atoms with Crippen LogP contribution < -0.4 is 14.4 Å². The maximum atomic E-state index is 13.4. The minimum absolute atomic E-state index is 0.0469. The normalized spacial score (nSPS) is 16.5. The van der Waals surface area contributed by atoms with Gasteiger partial charge in [0.15, 0.2) is 17.3 Å². The van der Waals surface area contributed by atoms with Crippen LogP contribution in [0.2, 0.25) is 0 Å². The van der Waals surface area contributed by atoms with E-state index >= 15 is 0 Å².